The number of fused-ring (bicyclic) bond motifs is 3. The number of ketones is 2. The summed E-state index contributed by atoms with van der Waals surface area (Å²) in [7, 11) is 0. The van der Waals surface area contributed by atoms with E-state index in [9.17, 15) is 34.4 Å². The Morgan fingerprint density at radius 2 is 1.89 bits per heavy atom. The van der Waals surface area contributed by atoms with Gasteiger partial charge in [-0.15, -0.1) is 0 Å². The molecule has 1 fully saturated rings. The first-order valence-electron chi connectivity index (χ1n) is 11.9. The molecule has 1 aromatic carbocycles. The highest BCUT2D eigenvalue weighted by atomic mass is 79.9. The van der Waals surface area contributed by atoms with Gasteiger partial charge in [-0.3, -0.25) is 29.3 Å². The number of rotatable bonds is 4. The van der Waals surface area contributed by atoms with Crippen LogP contribution in [0.2, 0.25) is 0 Å². The number of carbonyl (C=O) groups is 4. The summed E-state index contributed by atoms with van der Waals surface area (Å²) in [6, 6.07) is 8.58. The minimum atomic E-state index is -0.821. The molecule has 192 valence electrons. The molecule has 1 saturated heterocycles. The molecular formula is C27H19BrN2O8. The second-order valence-electron chi connectivity index (χ2n) is 9.64. The van der Waals surface area contributed by atoms with Gasteiger partial charge in [0.2, 0.25) is 11.8 Å². The van der Waals surface area contributed by atoms with E-state index in [-0.39, 0.29) is 63.8 Å². The number of nitrogens with zero attached hydrogens (tertiary/aromatic N) is 2. The maximum Gasteiger partial charge on any atom is 0.271 e. The van der Waals surface area contributed by atoms with Crippen molar-refractivity contribution in [2.24, 2.45) is 17.8 Å². The molecule has 0 bridgehead atoms. The molecule has 0 radical (unpaired) electrons. The molecule has 2 amide bonds. The lowest BCUT2D eigenvalue weighted by molar-refractivity contribution is -0.384. The molecule has 4 aliphatic rings. The number of amides is 2. The van der Waals surface area contributed by atoms with Gasteiger partial charge in [-0.25, -0.2) is 4.90 Å². The Kier molecular flexibility index (Phi) is 5.65. The number of nitro benzene ring substituents is 1. The van der Waals surface area contributed by atoms with E-state index in [2.05, 4.69) is 15.9 Å². The minimum absolute atomic E-state index is 0.0850. The van der Waals surface area contributed by atoms with Crippen LogP contribution in [-0.4, -0.2) is 33.4 Å². The summed E-state index contributed by atoms with van der Waals surface area (Å²) in [6.07, 6.45) is 3.38. The molecule has 1 aliphatic heterocycles. The lowest BCUT2D eigenvalue weighted by Crippen LogP contribution is -2.39. The van der Waals surface area contributed by atoms with Crippen molar-refractivity contribution in [3.8, 4) is 0 Å². The second kappa shape index (κ2) is 8.81. The average Bonchev–Trinajstić information content (AvgIpc) is 3.48. The third kappa shape index (κ3) is 3.49. The number of anilines is 1. The number of halogens is 1. The Bertz CT molecular complexity index is 1560. The van der Waals surface area contributed by atoms with Gasteiger partial charge in [0.05, 0.1) is 32.8 Å². The number of non-ortho nitro benzene ring substituents is 1. The van der Waals surface area contributed by atoms with E-state index in [0.717, 1.165) is 4.90 Å². The molecule has 4 atom stereocenters. The zero-order valence-electron chi connectivity index (χ0n) is 19.6. The Labute approximate surface area is 223 Å². The van der Waals surface area contributed by atoms with Gasteiger partial charge in [-0.2, -0.15) is 0 Å². The number of nitro groups is 1. The maximum absolute atomic E-state index is 13.8. The predicted octanol–water partition coefficient (Wildman–Crippen LogP) is 3.65. The van der Waals surface area contributed by atoms with Crippen LogP contribution in [0.3, 0.4) is 0 Å². The van der Waals surface area contributed by atoms with E-state index in [0.29, 0.717) is 11.3 Å². The van der Waals surface area contributed by atoms with Gasteiger partial charge in [0.15, 0.2) is 11.6 Å². The highest BCUT2D eigenvalue weighted by molar-refractivity contribution is 9.12. The van der Waals surface area contributed by atoms with Crippen molar-refractivity contribution in [1.29, 1.82) is 0 Å². The van der Waals surface area contributed by atoms with E-state index in [1.54, 1.807) is 12.1 Å². The van der Waals surface area contributed by atoms with Gasteiger partial charge in [0.1, 0.15) is 18.1 Å². The maximum atomic E-state index is 13.8. The fourth-order valence-electron chi connectivity index (χ4n) is 6.17. The molecule has 0 unspecified atom stereocenters. The molecule has 2 aromatic rings. The van der Waals surface area contributed by atoms with Crippen LogP contribution in [0.4, 0.5) is 11.4 Å². The first-order chi connectivity index (χ1) is 18.2. The van der Waals surface area contributed by atoms with Gasteiger partial charge in [0, 0.05) is 29.4 Å². The van der Waals surface area contributed by atoms with Crippen LogP contribution < -0.4 is 4.90 Å². The zero-order chi connectivity index (χ0) is 26.9. The Morgan fingerprint density at radius 1 is 1.11 bits per heavy atom. The van der Waals surface area contributed by atoms with E-state index in [1.165, 1.54) is 30.3 Å². The van der Waals surface area contributed by atoms with Gasteiger partial charge in [-0.1, -0.05) is 17.7 Å². The minimum Gasteiger partial charge on any atom is -0.463 e. The molecule has 6 rings (SSSR count). The molecule has 0 spiro atoms. The first-order valence-corrected chi connectivity index (χ1v) is 12.7. The third-order valence-corrected chi connectivity index (χ3v) is 8.34. The fourth-order valence-corrected chi connectivity index (χ4v) is 6.62. The van der Waals surface area contributed by atoms with Crippen LogP contribution in [0, 0.1) is 27.9 Å². The number of hydrogen-bond donors (Lipinski definition) is 1. The molecule has 2 heterocycles. The summed E-state index contributed by atoms with van der Waals surface area (Å²) in [6.45, 7) is -0.352. The highest BCUT2D eigenvalue weighted by Crippen LogP contribution is 2.55. The Hall–Kier alpha value is -3.96. The molecule has 1 aromatic heterocycles. The van der Waals surface area contributed by atoms with E-state index >= 15 is 0 Å². The molecule has 3 aliphatic carbocycles. The second-order valence-corrected chi connectivity index (χ2v) is 10.5. The standard InChI is InChI=1S/C27H19BrN2O8/c28-19-10-20(32)23-18(25(19)33)9-17-15(24(23)21-7-4-14(11-31)38-21)5-6-16-22(17)27(35)29(26(16)34)12-2-1-3-13(8-12)30(36)37/h1-5,7-8,10,16-17,22,24,31H,6,9,11H2/t16-,17+,22-,24+/m0/s1. The average molecular weight is 579 g/mol. The zero-order valence-corrected chi connectivity index (χ0v) is 21.2. The van der Waals surface area contributed by atoms with Crippen molar-refractivity contribution in [2.75, 3.05) is 4.90 Å². The Balaban J connectivity index is 1.46. The van der Waals surface area contributed by atoms with E-state index in [4.69, 9.17) is 4.42 Å². The lowest BCUT2D eigenvalue weighted by Gasteiger charge is -2.41. The third-order valence-electron chi connectivity index (χ3n) is 7.75. The molecule has 1 N–H and O–H groups in total. The first kappa shape index (κ1) is 24.4. The van der Waals surface area contributed by atoms with Gasteiger partial charge >= 0.3 is 0 Å². The summed E-state index contributed by atoms with van der Waals surface area (Å²) in [5, 5.41) is 20.8. The molecular weight excluding hydrogens is 560 g/mol. The number of carbonyl (C=O) groups excluding carboxylic acids is 4. The van der Waals surface area contributed by atoms with Crippen molar-refractivity contribution in [2.45, 2.75) is 25.4 Å². The monoisotopic (exact) mass is 578 g/mol. The predicted molar refractivity (Wildman–Crippen MR) is 135 cm³/mol. The molecule has 10 nitrogen and oxygen atoms in total. The van der Waals surface area contributed by atoms with Crippen LogP contribution >= 0.6 is 15.9 Å². The van der Waals surface area contributed by atoms with Crippen molar-refractivity contribution in [3.05, 3.63) is 91.4 Å². The van der Waals surface area contributed by atoms with Crippen molar-refractivity contribution in [3.63, 3.8) is 0 Å². The van der Waals surface area contributed by atoms with Gasteiger partial charge in [0.25, 0.3) is 5.69 Å². The summed E-state index contributed by atoms with van der Waals surface area (Å²) >= 11 is 3.17. The van der Waals surface area contributed by atoms with Crippen LogP contribution in [0.5, 0.6) is 0 Å². The number of aliphatic hydroxyl groups excluding tert-OH is 1. The SMILES string of the molecule is O=C1C=C(Br)C(=O)C2=C1[C@@H](c1ccc(CO)o1)C1=CC[C@@H]3C(=O)N(c4cccc([N+](=O)[O-])c4)C(=O)[C@@H]3[C@@H]1C2. The highest BCUT2D eigenvalue weighted by Gasteiger charge is 2.57. The van der Waals surface area contributed by atoms with Crippen LogP contribution in [0.25, 0.3) is 0 Å². The number of benzene rings is 1. The summed E-state index contributed by atoms with van der Waals surface area (Å²) < 4.78 is 5.93. The van der Waals surface area contributed by atoms with E-state index in [1.807, 2.05) is 6.08 Å². The fraction of sp³-hybridized carbons (Fsp3) is 0.259. The Morgan fingerprint density at radius 3 is 2.61 bits per heavy atom. The molecule has 38 heavy (non-hydrogen) atoms. The normalized spacial score (nSPS) is 26.6. The lowest BCUT2D eigenvalue weighted by atomic mass is 9.60. The van der Waals surface area contributed by atoms with Crippen molar-refractivity contribution < 1.29 is 33.6 Å². The van der Waals surface area contributed by atoms with Crippen LogP contribution in [0.15, 0.2) is 74.2 Å². The summed E-state index contributed by atoms with van der Waals surface area (Å²) in [4.78, 5) is 65.3. The van der Waals surface area contributed by atoms with Crippen LogP contribution in [-0.2, 0) is 25.8 Å². The number of hydrogen-bond acceptors (Lipinski definition) is 8. The smallest absolute Gasteiger partial charge is 0.271 e. The number of imide groups is 1. The van der Waals surface area contributed by atoms with Crippen molar-refractivity contribution in [1.82, 2.24) is 0 Å². The van der Waals surface area contributed by atoms with Gasteiger partial charge in [-0.05, 0) is 52.9 Å². The molecule has 11 heteroatoms. The topological polar surface area (TPSA) is 148 Å². The van der Waals surface area contributed by atoms with E-state index < -0.39 is 40.4 Å². The summed E-state index contributed by atoms with van der Waals surface area (Å²) in [5.41, 5.74) is 1.10. The largest absolute Gasteiger partial charge is 0.463 e. The van der Waals surface area contributed by atoms with Gasteiger partial charge < -0.3 is 9.52 Å². The number of aliphatic hydroxyl groups is 1. The van der Waals surface area contributed by atoms with Crippen molar-refractivity contribution >= 4 is 50.7 Å². The number of furan rings is 1. The quantitative estimate of drug-likeness (QED) is 0.190. The number of allylic oxidation sites excluding steroid dienone is 6. The molecule has 0 saturated carbocycles. The summed E-state index contributed by atoms with van der Waals surface area (Å²) in [5.74, 6) is -3.90. The number of Topliss-reactive ketones (excluding diaryl/α,β-unsaturated/α-hetero) is 1. The van der Waals surface area contributed by atoms with Crippen LogP contribution in [0.1, 0.15) is 30.3 Å².